The van der Waals surface area contributed by atoms with Crippen LogP contribution in [0.15, 0.2) is 65.9 Å². The lowest BCUT2D eigenvalue weighted by atomic mass is 9.73. The molecule has 1 aliphatic carbocycles. The molecule has 30 heavy (non-hydrogen) atoms. The maximum absolute atomic E-state index is 13.2. The fourth-order valence-corrected chi connectivity index (χ4v) is 4.69. The molecule has 4 nitrogen and oxygen atoms in total. The highest BCUT2D eigenvalue weighted by molar-refractivity contribution is 6.30. The first-order chi connectivity index (χ1) is 14.3. The Morgan fingerprint density at radius 2 is 1.63 bits per heavy atom. The normalized spacial score (nSPS) is 19.9. The molecule has 1 aliphatic heterocycles. The van der Waals surface area contributed by atoms with Crippen molar-refractivity contribution < 1.29 is 4.79 Å². The van der Waals surface area contributed by atoms with Crippen molar-refractivity contribution >= 4 is 34.8 Å². The fraction of sp³-hybridized carbons (Fsp3) is 0.250. The largest absolute Gasteiger partial charge is 0.343 e. The van der Waals surface area contributed by atoms with Gasteiger partial charge in [0.15, 0.2) is 5.78 Å². The molecule has 2 heterocycles. The van der Waals surface area contributed by atoms with Gasteiger partial charge in [-0.2, -0.15) is 5.10 Å². The van der Waals surface area contributed by atoms with Crippen LogP contribution in [0.1, 0.15) is 38.3 Å². The Hall–Kier alpha value is -2.56. The minimum absolute atomic E-state index is 0.0747. The van der Waals surface area contributed by atoms with Crippen LogP contribution in [0.25, 0.3) is 11.3 Å². The van der Waals surface area contributed by atoms with Crippen molar-refractivity contribution in [1.82, 2.24) is 9.78 Å². The van der Waals surface area contributed by atoms with E-state index in [9.17, 15) is 4.79 Å². The van der Waals surface area contributed by atoms with Gasteiger partial charge < -0.3 is 5.32 Å². The van der Waals surface area contributed by atoms with Gasteiger partial charge in [-0.05, 0) is 41.7 Å². The summed E-state index contributed by atoms with van der Waals surface area (Å²) >= 11 is 12.2. The van der Waals surface area contributed by atoms with Crippen molar-refractivity contribution in [3.05, 3.63) is 81.5 Å². The van der Waals surface area contributed by atoms with E-state index in [0.29, 0.717) is 16.5 Å². The average Bonchev–Trinajstić information content (AvgIpc) is 3.10. The van der Waals surface area contributed by atoms with Gasteiger partial charge in [0.1, 0.15) is 11.9 Å². The molecule has 1 unspecified atom stereocenters. The molecule has 0 saturated heterocycles. The third-order valence-corrected chi connectivity index (χ3v) is 6.28. The highest BCUT2D eigenvalue weighted by Gasteiger charge is 2.41. The van der Waals surface area contributed by atoms with Crippen LogP contribution < -0.4 is 5.32 Å². The molecular formula is C24H21Cl2N3O. The maximum atomic E-state index is 13.2. The third kappa shape index (κ3) is 3.34. The van der Waals surface area contributed by atoms with E-state index in [2.05, 4.69) is 19.2 Å². The Labute approximate surface area is 185 Å². The number of benzene rings is 2. The van der Waals surface area contributed by atoms with Crippen LogP contribution in [0.4, 0.5) is 5.82 Å². The van der Waals surface area contributed by atoms with E-state index < -0.39 is 0 Å². The molecule has 2 aromatic carbocycles. The number of halogens is 2. The molecule has 5 rings (SSSR count). The fourth-order valence-electron chi connectivity index (χ4n) is 4.44. The number of aromatic nitrogens is 2. The maximum Gasteiger partial charge on any atom is 0.163 e. The Bertz CT molecular complexity index is 1170. The number of Topliss-reactive ketones (excluding diaryl/α,β-unsaturated/α-hetero) is 1. The lowest BCUT2D eigenvalue weighted by Gasteiger charge is -2.38. The summed E-state index contributed by atoms with van der Waals surface area (Å²) in [6.07, 6.45) is 1.35. The van der Waals surface area contributed by atoms with Gasteiger partial charge in [-0.25, -0.2) is 4.68 Å². The van der Waals surface area contributed by atoms with Gasteiger partial charge >= 0.3 is 0 Å². The number of fused-ring (bicyclic) bond motifs is 1. The Balaban J connectivity index is 1.67. The number of rotatable bonds is 2. The number of ketones is 1. The van der Waals surface area contributed by atoms with E-state index in [1.165, 1.54) is 0 Å². The quantitative estimate of drug-likeness (QED) is 0.496. The SMILES string of the molecule is CC1(C)CC(=O)C2=C(C1)Nc1cc(-c3ccc(Cl)cc3)nn1C2c1ccc(Cl)cc1. The van der Waals surface area contributed by atoms with Crippen LogP contribution in [0, 0.1) is 5.41 Å². The number of carbonyl (C=O) groups is 1. The number of hydrogen-bond donors (Lipinski definition) is 1. The smallest absolute Gasteiger partial charge is 0.163 e. The van der Waals surface area contributed by atoms with Crippen molar-refractivity contribution in [3.63, 3.8) is 0 Å². The number of carbonyl (C=O) groups excluding carboxylic acids is 1. The second-order valence-corrected chi connectivity index (χ2v) is 9.65. The minimum Gasteiger partial charge on any atom is -0.343 e. The summed E-state index contributed by atoms with van der Waals surface area (Å²) in [6, 6.07) is 17.0. The number of allylic oxidation sites excluding steroid dienone is 2. The van der Waals surface area contributed by atoms with Gasteiger partial charge in [-0.1, -0.05) is 61.3 Å². The van der Waals surface area contributed by atoms with Crippen LogP contribution in [0.3, 0.4) is 0 Å². The summed E-state index contributed by atoms with van der Waals surface area (Å²) in [6.45, 7) is 4.28. The Morgan fingerprint density at radius 3 is 2.30 bits per heavy atom. The summed E-state index contributed by atoms with van der Waals surface area (Å²) < 4.78 is 1.92. The topological polar surface area (TPSA) is 46.9 Å². The van der Waals surface area contributed by atoms with Crippen LogP contribution >= 0.6 is 23.2 Å². The molecule has 1 atom stereocenters. The van der Waals surface area contributed by atoms with E-state index >= 15 is 0 Å². The van der Waals surface area contributed by atoms with Crippen LogP contribution in [0.5, 0.6) is 0 Å². The van der Waals surface area contributed by atoms with Gasteiger partial charge in [0, 0.05) is 39.4 Å². The van der Waals surface area contributed by atoms with Gasteiger partial charge in [-0.3, -0.25) is 4.79 Å². The zero-order valence-corrected chi connectivity index (χ0v) is 18.3. The molecule has 152 valence electrons. The molecule has 0 bridgehead atoms. The van der Waals surface area contributed by atoms with Crippen LogP contribution in [-0.4, -0.2) is 15.6 Å². The first kappa shape index (κ1) is 19.4. The lowest BCUT2D eigenvalue weighted by Crippen LogP contribution is -2.36. The van der Waals surface area contributed by atoms with E-state index in [0.717, 1.165) is 40.3 Å². The summed E-state index contributed by atoms with van der Waals surface area (Å²) in [7, 11) is 0. The van der Waals surface area contributed by atoms with Gasteiger partial charge in [0.05, 0.1) is 5.69 Å². The second kappa shape index (κ2) is 7.00. The summed E-state index contributed by atoms with van der Waals surface area (Å²) in [5.41, 5.74) is 4.52. The van der Waals surface area contributed by atoms with E-state index in [4.69, 9.17) is 28.3 Å². The Morgan fingerprint density at radius 1 is 1.00 bits per heavy atom. The molecule has 2 aliphatic rings. The molecule has 0 radical (unpaired) electrons. The van der Waals surface area contributed by atoms with Crippen molar-refractivity contribution in [2.45, 2.75) is 32.7 Å². The average molecular weight is 438 g/mol. The third-order valence-electron chi connectivity index (χ3n) is 5.78. The second-order valence-electron chi connectivity index (χ2n) is 8.78. The molecule has 0 fully saturated rings. The van der Waals surface area contributed by atoms with Crippen molar-refractivity contribution in [2.24, 2.45) is 5.41 Å². The standard InChI is InChI=1S/C24H21Cl2N3O/c1-24(2)12-19-22(20(30)13-24)23(15-5-9-17(26)10-6-15)29-21(27-19)11-18(28-29)14-3-7-16(25)8-4-14/h3-11,23,27H,12-13H2,1-2H3. The molecule has 6 heteroatoms. The minimum atomic E-state index is -0.279. The van der Waals surface area contributed by atoms with Crippen LogP contribution in [0.2, 0.25) is 10.0 Å². The molecule has 1 N–H and O–H groups in total. The molecule has 3 aromatic rings. The first-order valence-corrected chi connectivity index (χ1v) is 10.7. The number of hydrogen-bond acceptors (Lipinski definition) is 3. The van der Waals surface area contributed by atoms with Gasteiger partial charge in [0.25, 0.3) is 0 Å². The summed E-state index contributed by atoms with van der Waals surface area (Å²) in [4.78, 5) is 13.2. The highest BCUT2D eigenvalue weighted by Crippen LogP contribution is 2.46. The van der Waals surface area contributed by atoms with Gasteiger partial charge in [-0.15, -0.1) is 0 Å². The molecule has 0 amide bonds. The predicted molar refractivity (Wildman–Crippen MR) is 121 cm³/mol. The zero-order valence-electron chi connectivity index (χ0n) is 16.7. The molecule has 0 spiro atoms. The number of nitrogens with one attached hydrogen (secondary N) is 1. The monoisotopic (exact) mass is 437 g/mol. The first-order valence-electron chi connectivity index (χ1n) is 9.95. The van der Waals surface area contributed by atoms with E-state index in [1.807, 2.05) is 59.3 Å². The van der Waals surface area contributed by atoms with Crippen molar-refractivity contribution in [3.8, 4) is 11.3 Å². The number of nitrogens with zero attached hydrogens (tertiary/aromatic N) is 2. The summed E-state index contributed by atoms with van der Waals surface area (Å²) in [5.74, 6) is 1.05. The van der Waals surface area contributed by atoms with Crippen molar-refractivity contribution in [2.75, 3.05) is 5.32 Å². The molecular weight excluding hydrogens is 417 g/mol. The lowest BCUT2D eigenvalue weighted by molar-refractivity contribution is -0.118. The van der Waals surface area contributed by atoms with Crippen molar-refractivity contribution in [1.29, 1.82) is 0 Å². The predicted octanol–water partition coefficient (Wildman–Crippen LogP) is 6.52. The highest BCUT2D eigenvalue weighted by atomic mass is 35.5. The van der Waals surface area contributed by atoms with E-state index in [1.54, 1.807) is 0 Å². The molecule has 0 saturated carbocycles. The number of anilines is 1. The summed E-state index contributed by atoms with van der Waals surface area (Å²) in [5, 5.41) is 9.74. The van der Waals surface area contributed by atoms with Gasteiger partial charge in [0.2, 0.25) is 0 Å². The molecule has 1 aromatic heterocycles. The Kier molecular flexibility index (Phi) is 4.53. The van der Waals surface area contributed by atoms with Crippen LogP contribution in [-0.2, 0) is 4.79 Å². The zero-order chi connectivity index (χ0) is 21.0. The van der Waals surface area contributed by atoms with E-state index in [-0.39, 0.29) is 17.2 Å².